The lowest BCUT2D eigenvalue weighted by Crippen LogP contribution is -2.08. The Morgan fingerprint density at radius 2 is 1.73 bits per heavy atom. The third-order valence-electron chi connectivity index (χ3n) is 4.09. The van der Waals surface area contributed by atoms with Crippen molar-refractivity contribution in [1.82, 2.24) is 10.1 Å². The summed E-state index contributed by atoms with van der Waals surface area (Å²) in [4.78, 5) is 16.1. The Morgan fingerprint density at radius 3 is 2.37 bits per heavy atom. The summed E-state index contributed by atoms with van der Waals surface area (Å²) < 4.78 is 58.3. The van der Waals surface area contributed by atoms with Crippen LogP contribution in [0, 0.1) is 0 Å². The van der Waals surface area contributed by atoms with Crippen LogP contribution in [0.2, 0.25) is 0 Å². The van der Waals surface area contributed by atoms with E-state index in [1.54, 1.807) is 18.2 Å². The van der Waals surface area contributed by atoms with Gasteiger partial charge in [0.2, 0.25) is 5.82 Å². The maximum Gasteiger partial charge on any atom is 0.416 e. The molecule has 0 spiro atoms. The van der Waals surface area contributed by atoms with Crippen LogP contribution in [0.4, 0.5) is 13.2 Å². The summed E-state index contributed by atoms with van der Waals surface area (Å²) in [7, 11) is 3.00. The van der Waals surface area contributed by atoms with Crippen molar-refractivity contribution in [1.29, 1.82) is 0 Å². The molecule has 3 aromatic rings. The number of methoxy groups -OCH3 is 2. The molecule has 158 valence electrons. The molecule has 30 heavy (non-hydrogen) atoms. The van der Waals surface area contributed by atoms with Gasteiger partial charge in [0.1, 0.15) is 0 Å². The number of carbonyl (C=O) groups is 1. The molecule has 0 unspecified atom stereocenters. The number of benzene rings is 2. The first-order chi connectivity index (χ1) is 14.3. The predicted octanol–water partition coefficient (Wildman–Crippen LogP) is 4.06. The highest BCUT2D eigenvalue weighted by Gasteiger charge is 2.30. The number of nitrogens with zero attached hydrogens (tertiary/aromatic N) is 2. The fraction of sp³-hybridized carbons (Fsp3) is 0.250. The molecule has 0 aliphatic rings. The molecular weight excluding hydrogens is 405 g/mol. The average Bonchev–Trinajstić information content (AvgIpc) is 3.20. The van der Waals surface area contributed by atoms with Gasteiger partial charge in [-0.3, -0.25) is 4.79 Å². The summed E-state index contributed by atoms with van der Waals surface area (Å²) in [5.74, 6) is 0.605. The Balaban J connectivity index is 1.58. The molecule has 0 amide bonds. The van der Waals surface area contributed by atoms with Crippen molar-refractivity contribution in [3.8, 4) is 22.9 Å². The number of carbonyl (C=O) groups excluding carboxylic acids is 1. The molecule has 0 saturated heterocycles. The van der Waals surface area contributed by atoms with Crippen LogP contribution in [0.15, 0.2) is 47.0 Å². The lowest BCUT2D eigenvalue weighted by molar-refractivity contribution is -0.145. The summed E-state index contributed by atoms with van der Waals surface area (Å²) in [6.07, 6.45) is -4.44. The molecule has 0 bridgehead atoms. The Kier molecular flexibility index (Phi) is 6.24. The summed E-state index contributed by atoms with van der Waals surface area (Å²) in [5.41, 5.74) is 0.224. The zero-order chi connectivity index (χ0) is 21.7. The minimum Gasteiger partial charge on any atom is -0.493 e. The van der Waals surface area contributed by atoms with Crippen molar-refractivity contribution in [2.24, 2.45) is 0 Å². The van der Waals surface area contributed by atoms with Gasteiger partial charge in [-0.2, -0.15) is 18.2 Å². The molecule has 0 atom stereocenters. The van der Waals surface area contributed by atoms with E-state index in [-0.39, 0.29) is 24.7 Å². The molecular formula is C20H17F3N2O5. The van der Waals surface area contributed by atoms with E-state index in [9.17, 15) is 18.0 Å². The van der Waals surface area contributed by atoms with Gasteiger partial charge in [0.15, 0.2) is 18.1 Å². The monoisotopic (exact) mass is 422 g/mol. The highest BCUT2D eigenvalue weighted by Crippen LogP contribution is 2.30. The molecule has 1 aromatic heterocycles. The van der Waals surface area contributed by atoms with Crippen LogP contribution >= 0.6 is 0 Å². The van der Waals surface area contributed by atoms with Gasteiger partial charge in [-0.25, -0.2) is 0 Å². The van der Waals surface area contributed by atoms with Gasteiger partial charge < -0.3 is 18.7 Å². The topological polar surface area (TPSA) is 83.7 Å². The van der Waals surface area contributed by atoms with Gasteiger partial charge in [-0.1, -0.05) is 23.4 Å². The van der Waals surface area contributed by atoms with Crippen molar-refractivity contribution in [2.45, 2.75) is 19.2 Å². The van der Waals surface area contributed by atoms with Crippen molar-refractivity contribution >= 4 is 5.97 Å². The van der Waals surface area contributed by atoms with Crippen molar-refractivity contribution in [2.75, 3.05) is 14.2 Å². The van der Waals surface area contributed by atoms with E-state index < -0.39 is 17.7 Å². The number of aromatic nitrogens is 2. The fourth-order valence-electron chi connectivity index (χ4n) is 2.59. The van der Waals surface area contributed by atoms with Gasteiger partial charge in [0.25, 0.3) is 5.89 Å². The third-order valence-corrected chi connectivity index (χ3v) is 4.09. The van der Waals surface area contributed by atoms with Gasteiger partial charge >= 0.3 is 12.1 Å². The second-order valence-corrected chi connectivity index (χ2v) is 6.11. The number of alkyl halides is 3. The fourth-order valence-corrected chi connectivity index (χ4v) is 2.59. The van der Waals surface area contributed by atoms with Crippen LogP contribution in [-0.4, -0.2) is 30.3 Å². The number of hydrogen-bond acceptors (Lipinski definition) is 7. The van der Waals surface area contributed by atoms with Crippen molar-refractivity contribution < 1.29 is 36.7 Å². The molecule has 0 aliphatic heterocycles. The van der Waals surface area contributed by atoms with E-state index in [4.69, 9.17) is 18.7 Å². The molecule has 0 fully saturated rings. The summed E-state index contributed by atoms with van der Waals surface area (Å²) in [6.45, 7) is -0.264. The SMILES string of the molecule is COc1ccc(CC(=O)OCc2nc(-c3ccc(C(F)(F)F)cc3)no2)cc1OC. The summed E-state index contributed by atoms with van der Waals surface area (Å²) >= 11 is 0. The zero-order valence-electron chi connectivity index (χ0n) is 16.0. The molecule has 0 saturated carbocycles. The number of esters is 1. The Labute approximate surface area is 169 Å². The second-order valence-electron chi connectivity index (χ2n) is 6.11. The third kappa shape index (κ3) is 5.07. The minimum absolute atomic E-state index is 0.0136. The molecule has 0 radical (unpaired) electrons. The summed E-state index contributed by atoms with van der Waals surface area (Å²) in [6, 6.07) is 9.37. The van der Waals surface area contributed by atoms with Crippen LogP contribution in [0.5, 0.6) is 11.5 Å². The van der Waals surface area contributed by atoms with E-state index in [1.165, 1.54) is 26.4 Å². The number of rotatable bonds is 7. The normalized spacial score (nSPS) is 11.2. The Morgan fingerprint density at radius 1 is 1.03 bits per heavy atom. The number of halogens is 3. The van der Waals surface area contributed by atoms with Crippen LogP contribution in [-0.2, 0) is 28.7 Å². The standard InChI is InChI=1S/C20H17F3N2O5/c1-27-15-8-3-12(9-16(15)28-2)10-18(26)29-11-17-24-19(25-30-17)13-4-6-14(7-5-13)20(21,22)23/h3-9H,10-11H2,1-2H3. The first-order valence-corrected chi connectivity index (χ1v) is 8.67. The largest absolute Gasteiger partial charge is 0.493 e. The molecule has 3 rings (SSSR count). The van der Waals surface area contributed by atoms with Gasteiger partial charge in [-0.15, -0.1) is 0 Å². The van der Waals surface area contributed by atoms with E-state index >= 15 is 0 Å². The lowest BCUT2D eigenvalue weighted by Gasteiger charge is -2.09. The predicted molar refractivity (Wildman–Crippen MR) is 97.8 cm³/mol. The average molecular weight is 422 g/mol. The number of hydrogen-bond donors (Lipinski definition) is 0. The van der Waals surface area contributed by atoms with E-state index in [1.807, 2.05) is 0 Å². The zero-order valence-corrected chi connectivity index (χ0v) is 16.0. The van der Waals surface area contributed by atoms with E-state index in [0.717, 1.165) is 12.1 Å². The second kappa shape index (κ2) is 8.85. The van der Waals surface area contributed by atoms with Gasteiger partial charge in [-0.05, 0) is 29.8 Å². The van der Waals surface area contributed by atoms with Crippen molar-refractivity contribution in [3.63, 3.8) is 0 Å². The first kappa shape index (κ1) is 21.2. The lowest BCUT2D eigenvalue weighted by atomic mass is 10.1. The van der Waals surface area contributed by atoms with E-state index in [2.05, 4.69) is 10.1 Å². The smallest absolute Gasteiger partial charge is 0.416 e. The van der Waals surface area contributed by atoms with Gasteiger partial charge in [0, 0.05) is 5.56 Å². The molecule has 2 aromatic carbocycles. The Bertz CT molecular complexity index is 1020. The molecule has 10 heteroatoms. The Hall–Kier alpha value is -3.56. The number of ether oxygens (including phenoxy) is 3. The maximum absolute atomic E-state index is 12.6. The quantitative estimate of drug-likeness (QED) is 0.531. The molecule has 1 heterocycles. The highest BCUT2D eigenvalue weighted by molar-refractivity contribution is 5.73. The van der Waals surface area contributed by atoms with E-state index in [0.29, 0.717) is 22.6 Å². The van der Waals surface area contributed by atoms with Crippen molar-refractivity contribution in [3.05, 3.63) is 59.5 Å². The highest BCUT2D eigenvalue weighted by atomic mass is 19.4. The minimum atomic E-state index is -4.43. The maximum atomic E-state index is 12.6. The van der Waals surface area contributed by atoms with Crippen LogP contribution in [0.25, 0.3) is 11.4 Å². The molecule has 0 aliphatic carbocycles. The van der Waals surface area contributed by atoms with Crippen LogP contribution in [0.1, 0.15) is 17.0 Å². The molecule has 0 N–H and O–H groups in total. The molecule has 7 nitrogen and oxygen atoms in total. The van der Waals surface area contributed by atoms with Gasteiger partial charge in [0.05, 0.1) is 26.2 Å². The van der Waals surface area contributed by atoms with Crippen LogP contribution in [0.3, 0.4) is 0 Å². The first-order valence-electron chi connectivity index (χ1n) is 8.67. The summed E-state index contributed by atoms with van der Waals surface area (Å²) in [5, 5.41) is 3.69. The van der Waals surface area contributed by atoms with Crippen LogP contribution < -0.4 is 9.47 Å².